The normalized spacial score (nSPS) is 28.4. The van der Waals surface area contributed by atoms with E-state index in [1.54, 1.807) is 0 Å². The Morgan fingerprint density at radius 1 is 0.935 bits per heavy atom. The Bertz CT molecular complexity index is 787. The van der Waals surface area contributed by atoms with Crippen molar-refractivity contribution in [3.05, 3.63) is 23.3 Å². The third-order valence-electron chi connectivity index (χ3n) is 5.93. The zero-order valence-corrected chi connectivity index (χ0v) is 16.2. The molecule has 4 nitrogen and oxygen atoms in total. The molecule has 0 aromatic carbocycles. The Morgan fingerprint density at radius 2 is 1.39 bits per heavy atom. The molecule has 2 aliphatic carbocycles. The minimum Gasteiger partial charge on any atom is -0.462 e. The molecule has 1 saturated carbocycles. The molecule has 0 aliphatic heterocycles. The van der Waals surface area contributed by atoms with Crippen LogP contribution >= 0.6 is 0 Å². The summed E-state index contributed by atoms with van der Waals surface area (Å²) >= 11 is 0. The average Bonchev–Trinajstić information content (AvgIpc) is 3.14. The van der Waals surface area contributed by atoms with Crippen LogP contribution in [-0.4, -0.2) is 52.5 Å². The molecule has 0 aromatic heterocycles. The molecular weight excluding hydrogens is 451 g/mol. The molecule has 2 N–H and O–H groups in total. The topological polar surface area (TPSA) is 66.8 Å². The van der Waals surface area contributed by atoms with Crippen LogP contribution in [0.5, 0.6) is 0 Å². The lowest BCUT2D eigenvalue weighted by atomic mass is 9.72. The van der Waals surface area contributed by atoms with Gasteiger partial charge in [0.15, 0.2) is 11.2 Å². The lowest BCUT2D eigenvalue weighted by Gasteiger charge is -2.41. The summed E-state index contributed by atoms with van der Waals surface area (Å²) in [4.78, 5) is 11.5. The number of carbonyl (C=O) groups excluding carboxylic acids is 1. The van der Waals surface area contributed by atoms with Crippen molar-refractivity contribution in [2.45, 2.75) is 56.4 Å². The van der Waals surface area contributed by atoms with Gasteiger partial charge in [-0.15, -0.1) is 0 Å². The van der Waals surface area contributed by atoms with Crippen molar-refractivity contribution < 1.29 is 59.3 Å². The molecule has 0 radical (unpaired) electrons. The predicted molar refractivity (Wildman–Crippen MR) is 86.2 cm³/mol. The maximum atomic E-state index is 13.5. The highest BCUT2D eigenvalue weighted by Gasteiger charge is 2.66. The van der Waals surface area contributed by atoms with Crippen LogP contribution in [0.1, 0.15) is 26.7 Å². The molecular formula is C18H19F9O4. The Hall–Kier alpha value is -1.76. The smallest absolute Gasteiger partial charge is 0.422 e. The number of hydrogen-bond donors (Lipinski definition) is 2. The minimum atomic E-state index is -5.41. The molecule has 1 fully saturated rings. The summed E-state index contributed by atoms with van der Waals surface area (Å²) in [6.07, 6.45) is -16.5. The van der Waals surface area contributed by atoms with E-state index in [-0.39, 0.29) is 26.7 Å². The standard InChI is InChI=1S/C18H19F9O4/c1-7(16(19,20)21)13(28)31-6-9-4-8-5-10(9)12(15(3,30)18(25,26)27)11(8)14(2,29)17(22,23)24/h8-10,29-30H,1,4-6H2,2-3H3. The summed E-state index contributed by atoms with van der Waals surface area (Å²) in [5.41, 5.74) is -11.4. The second kappa shape index (κ2) is 7.39. The maximum Gasteiger partial charge on any atom is 0.422 e. The van der Waals surface area contributed by atoms with E-state index >= 15 is 0 Å². The van der Waals surface area contributed by atoms with E-state index in [9.17, 15) is 54.5 Å². The molecule has 2 aliphatic rings. The molecule has 13 heteroatoms. The molecule has 0 aromatic rings. The summed E-state index contributed by atoms with van der Waals surface area (Å²) in [5.74, 6) is -5.62. The van der Waals surface area contributed by atoms with E-state index in [1.807, 2.05) is 0 Å². The first kappa shape index (κ1) is 25.5. The number of alkyl halides is 9. The SMILES string of the molecule is C=C(C(=O)OCC1CC2CC1C(C(C)(O)C(F)(F)F)=C2C(C)(O)C(F)(F)F)C(F)(F)F. The van der Waals surface area contributed by atoms with Gasteiger partial charge in [-0.25, -0.2) is 4.79 Å². The summed E-state index contributed by atoms with van der Waals surface area (Å²) < 4.78 is 123. The molecule has 0 saturated heterocycles. The highest BCUT2D eigenvalue weighted by molar-refractivity contribution is 5.89. The third-order valence-corrected chi connectivity index (χ3v) is 5.93. The van der Waals surface area contributed by atoms with E-state index in [0.717, 1.165) is 0 Å². The zero-order valence-electron chi connectivity index (χ0n) is 16.2. The van der Waals surface area contributed by atoms with E-state index in [0.29, 0.717) is 0 Å². The van der Waals surface area contributed by atoms with Crippen LogP contribution < -0.4 is 0 Å². The van der Waals surface area contributed by atoms with E-state index in [2.05, 4.69) is 11.3 Å². The van der Waals surface area contributed by atoms with Crippen molar-refractivity contribution in [1.82, 2.24) is 0 Å². The molecule has 2 bridgehead atoms. The van der Waals surface area contributed by atoms with Gasteiger partial charge >= 0.3 is 24.5 Å². The van der Waals surface area contributed by atoms with Gasteiger partial charge in [-0.05, 0) is 49.7 Å². The molecule has 0 heterocycles. The minimum absolute atomic E-state index is 0.240. The highest BCUT2D eigenvalue weighted by Crippen LogP contribution is 2.61. The van der Waals surface area contributed by atoms with Gasteiger partial charge in [-0.2, -0.15) is 39.5 Å². The second-order valence-corrected chi connectivity index (χ2v) is 8.08. The van der Waals surface area contributed by atoms with Crippen molar-refractivity contribution in [2.75, 3.05) is 6.61 Å². The maximum absolute atomic E-state index is 13.5. The van der Waals surface area contributed by atoms with Gasteiger partial charge in [0.05, 0.1) is 6.61 Å². The lowest BCUT2D eigenvalue weighted by molar-refractivity contribution is -0.249. The first-order valence-electron chi connectivity index (χ1n) is 8.90. The monoisotopic (exact) mass is 470 g/mol. The van der Waals surface area contributed by atoms with Gasteiger partial charge in [0.25, 0.3) is 0 Å². The summed E-state index contributed by atoms with van der Waals surface area (Å²) in [5, 5.41) is 20.2. The number of aliphatic hydroxyl groups is 2. The number of esters is 1. The molecule has 31 heavy (non-hydrogen) atoms. The van der Waals surface area contributed by atoms with Gasteiger partial charge in [-0.3, -0.25) is 0 Å². The number of hydrogen-bond acceptors (Lipinski definition) is 4. The van der Waals surface area contributed by atoms with Crippen molar-refractivity contribution in [2.24, 2.45) is 17.8 Å². The second-order valence-electron chi connectivity index (χ2n) is 8.08. The van der Waals surface area contributed by atoms with Crippen LogP contribution in [0, 0.1) is 17.8 Å². The van der Waals surface area contributed by atoms with Crippen molar-refractivity contribution in [3.8, 4) is 0 Å². The van der Waals surface area contributed by atoms with Crippen LogP contribution in [0.15, 0.2) is 23.3 Å². The van der Waals surface area contributed by atoms with Crippen LogP contribution in [0.3, 0.4) is 0 Å². The zero-order chi connectivity index (χ0) is 24.4. The Morgan fingerprint density at radius 3 is 1.81 bits per heavy atom. The van der Waals surface area contributed by atoms with Gasteiger partial charge in [0.2, 0.25) is 0 Å². The molecule has 0 amide bonds. The van der Waals surface area contributed by atoms with Crippen LogP contribution in [0.4, 0.5) is 39.5 Å². The average molecular weight is 470 g/mol. The molecule has 5 atom stereocenters. The number of carbonyl (C=O) groups is 1. The third kappa shape index (κ3) is 4.30. The highest BCUT2D eigenvalue weighted by atomic mass is 19.4. The summed E-state index contributed by atoms with van der Waals surface area (Å²) in [6, 6.07) is 0. The summed E-state index contributed by atoms with van der Waals surface area (Å²) in [7, 11) is 0. The molecule has 2 rings (SSSR count). The number of halogens is 9. The van der Waals surface area contributed by atoms with Crippen molar-refractivity contribution in [1.29, 1.82) is 0 Å². The number of ether oxygens (including phenoxy) is 1. The predicted octanol–water partition coefficient (Wildman–Crippen LogP) is 4.23. The quantitative estimate of drug-likeness (QED) is 0.273. The first-order chi connectivity index (χ1) is 13.6. The van der Waals surface area contributed by atoms with Crippen molar-refractivity contribution in [3.63, 3.8) is 0 Å². The van der Waals surface area contributed by atoms with E-state index in [1.165, 1.54) is 0 Å². The first-order valence-corrected chi connectivity index (χ1v) is 8.90. The van der Waals surface area contributed by atoms with Gasteiger partial charge < -0.3 is 14.9 Å². The number of fused-ring (bicyclic) bond motifs is 2. The molecule has 0 spiro atoms. The Labute approximate surface area is 170 Å². The van der Waals surface area contributed by atoms with E-state index < -0.39 is 76.8 Å². The fraction of sp³-hybridized carbons (Fsp3) is 0.722. The van der Waals surface area contributed by atoms with Crippen LogP contribution in [-0.2, 0) is 9.53 Å². The largest absolute Gasteiger partial charge is 0.462 e. The van der Waals surface area contributed by atoms with Gasteiger partial charge in [0, 0.05) is 5.92 Å². The molecule has 178 valence electrons. The van der Waals surface area contributed by atoms with Crippen LogP contribution in [0.25, 0.3) is 0 Å². The van der Waals surface area contributed by atoms with Crippen molar-refractivity contribution >= 4 is 5.97 Å². The summed E-state index contributed by atoms with van der Waals surface area (Å²) in [6.45, 7) is 2.21. The van der Waals surface area contributed by atoms with Gasteiger partial charge in [0.1, 0.15) is 5.57 Å². The fourth-order valence-electron chi connectivity index (χ4n) is 4.29. The van der Waals surface area contributed by atoms with Gasteiger partial charge in [-0.1, -0.05) is 6.58 Å². The lowest BCUT2D eigenvalue weighted by Crippen LogP contribution is -2.52. The Balaban J connectivity index is 2.42. The fourth-order valence-corrected chi connectivity index (χ4v) is 4.29. The van der Waals surface area contributed by atoms with Crippen LogP contribution in [0.2, 0.25) is 0 Å². The Kier molecular flexibility index (Phi) is 6.08. The molecule has 5 unspecified atom stereocenters. The number of rotatable bonds is 5. The van der Waals surface area contributed by atoms with E-state index in [4.69, 9.17) is 0 Å².